The first-order chi connectivity index (χ1) is 11.3. The van der Waals surface area contributed by atoms with Crippen molar-refractivity contribution in [2.75, 3.05) is 12.4 Å². The molecule has 1 atom stereocenters. The number of halogens is 3. The molecule has 0 fully saturated rings. The fourth-order valence-electron chi connectivity index (χ4n) is 1.93. The molecular formula is C17H16F3NO2S. The molecule has 0 aromatic heterocycles. The smallest absolute Gasteiger partial charge is 0.416 e. The Labute approximate surface area is 142 Å². The number of hydrogen-bond donors (Lipinski definition) is 1. The van der Waals surface area contributed by atoms with Crippen molar-refractivity contribution in [3.05, 3.63) is 54.1 Å². The van der Waals surface area contributed by atoms with Gasteiger partial charge in [-0.15, -0.1) is 11.8 Å². The lowest BCUT2D eigenvalue weighted by molar-refractivity contribution is -0.137. The summed E-state index contributed by atoms with van der Waals surface area (Å²) in [6.07, 6.45) is -4.44. The zero-order chi connectivity index (χ0) is 17.7. The van der Waals surface area contributed by atoms with Crippen LogP contribution in [0.3, 0.4) is 0 Å². The maximum Gasteiger partial charge on any atom is 0.416 e. The van der Waals surface area contributed by atoms with Crippen LogP contribution in [0.15, 0.2) is 53.4 Å². The molecule has 0 heterocycles. The lowest BCUT2D eigenvalue weighted by Gasteiger charge is -2.13. The molecule has 2 rings (SSSR count). The van der Waals surface area contributed by atoms with Gasteiger partial charge >= 0.3 is 6.18 Å². The summed E-state index contributed by atoms with van der Waals surface area (Å²) in [7, 11) is 1.56. The van der Waals surface area contributed by atoms with E-state index in [4.69, 9.17) is 4.74 Å². The van der Waals surface area contributed by atoms with Crippen molar-refractivity contribution in [3.8, 4) is 5.75 Å². The fraction of sp³-hybridized carbons (Fsp3) is 0.235. The second-order valence-electron chi connectivity index (χ2n) is 5.00. The first-order valence-electron chi connectivity index (χ1n) is 7.08. The number of rotatable bonds is 5. The summed E-state index contributed by atoms with van der Waals surface area (Å²) in [5, 5.41) is 2.05. The molecule has 1 unspecified atom stereocenters. The third-order valence-corrected chi connectivity index (χ3v) is 4.31. The van der Waals surface area contributed by atoms with Gasteiger partial charge in [-0.1, -0.05) is 6.07 Å². The molecule has 0 saturated carbocycles. The van der Waals surface area contributed by atoms with E-state index in [1.165, 1.54) is 23.9 Å². The summed E-state index contributed by atoms with van der Waals surface area (Å²) >= 11 is 1.31. The maximum absolute atomic E-state index is 12.7. The fourth-order valence-corrected chi connectivity index (χ4v) is 2.80. The molecule has 24 heavy (non-hydrogen) atoms. The lowest BCUT2D eigenvalue weighted by atomic mass is 10.2. The molecule has 0 aliphatic rings. The van der Waals surface area contributed by atoms with Crippen LogP contribution in [0, 0.1) is 0 Å². The number of benzene rings is 2. The molecule has 0 aliphatic carbocycles. The monoisotopic (exact) mass is 355 g/mol. The zero-order valence-electron chi connectivity index (χ0n) is 13.1. The molecule has 128 valence electrons. The number of anilines is 1. The van der Waals surface area contributed by atoms with E-state index in [1.54, 1.807) is 26.2 Å². The van der Waals surface area contributed by atoms with E-state index in [0.29, 0.717) is 5.75 Å². The molecule has 2 aromatic carbocycles. The average Bonchev–Trinajstić information content (AvgIpc) is 2.55. The van der Waals surface area contributed by atoms with E-state index in [0.717, 1.165) is 17.0 Å². The Kier molecular flexibility index (Phi) is 5.77. The number of carbonyl (C=O) groups is 1. The van der Waals surface area contributed by atoms with E-state index < -0.39 is 17.0 Å². The lowest BCUT2D eigenvalue weighted by Crippen LogP contribution is -2.22. The molecule has 3 nitrogen and oxygen atoms in total. The molecule has 0 bridgehead atoms. The van der Waals surface area contributed by atoms with Gasteiger partial charge in [0.1, 0.15) is 5.75 Å². The van der Waals surface area contributed by atoms with Crippen LogP contribution in [0.4, 0.5) is 18.9 Å². The van der Waals surface area contributed by atoms with Gasteiger partial charge in [-0.05, 0) is 49.4 Å². The highest BCUT2D eigenvalue weighted by atomic mass is 32.2. The van der Waals surface area contributed by atoms with Gasteiger partial charge in [0.05, 0.1) is 17.9 Å². The number of thioether (sulfide) groups is 1. The minimum Gasteiger partial charge on any atom is -0.497 e. The van der Waals surface area contributed by atoms with E-state index in [9.17, 15) is 18.0 Å². The van der Waals surface area contributed by atoms with Crippen LogP contribution in [0.25, 0.3) is 0 Å². The molecule has 0 aliphatic heterocycles. The predicted octanol–water partition coefficient (Wildman–Crippen LogP) is 4.83. The Morgan fingerprint density at radius 3 is 2.42 bits per heavy atom. The SMILES string of the molecule is COc1ccc(SC(C)C(=O)Nc2cccc(C(F)(F)F)c2)cc1. The van der Waals surface area contributed by atoms with Gasteiger partial charge in [0, 0.05) is 10.6 Å². The van der Waals surface area contributed by atoms with Crippen molar-refractivity contribution in [3.63, 3.8) is 0 Å². The van der Waals surface area contributed by atoms with Crippen LogP contribution in [0.1, 0.15) is 12.5 Å². The van der Waals surface area contributed by atoms with Crippen LogP contribution in [-0.2, 0) is 11.0 Å². The molecule has 7 heteroatoms. The Morgan fingerprint density at radius 2 is 1.83 bits per heavy atom. The Hall–Kier alpha value is -2.15. The van der Waals surface area contributed by atoms with E-state index in [2.05, 4.69) is 5.32 Å². The van der Waals surface area contributed by atoms with Crippen molar-refractivity contribution in [2.45, 2.75) is 23.2 Å². The number of alkyl halides is 3. The molecule has 1 N–H and O–H groups in total. The number of methoxy groups -OCH3 is 1. The maximum atomic E-state index is 12.7. The third-order valence-electron chi connectivity index (χ3n) is 3.20. The normalized spacial score (nSPS) is 12.5. The Balaban J connectivity index is 2.00. The van der Waals surface area contributed by atoms with E-state index in [-0.39, 0.29) is 11.6 Å². The van der Waals surface area contributed by atoms with Crippen LogP contribution >= 0.6 is 11.8 Å². The highest BCUT2D eigenvalue weighted by molar-refractivity contribution is 8.00. The molecule has 2 aromatic rings. The minimum absolute atomic E-state index is 0.122. The van der Waals surface area contributed by atoms with Gasteiger partial charge < -0.3 is 10.1 Å². The van der Waals surface area contributed by atoms with Crippen LogP contribution in [0.5, 0.6) is 5.75 Å². The summed E-state index contributed by atoms with van der Waals surface area (Å²) in [5.74, 6) is 0.343. The van der Waals surface area contributed by atoms with Crippen LogP contribution in [-0.4, -0.2) is 18.3 Å². The van der Waals surface area contributed by atoms with Gasteiger partial charge in [0.25, 0.3) is 0 Å². The highest BCUT2D eigenvalue weighted by Crippen LogP contribution is 2.31. The summed E-state index contributed by atoms with van der Waals surface area (Å²) in [6, 6.07) is 11.8. The summed E-state index contributed by atoms with van der Waals surface area (Å²) in [4.78, 5) is 13.0. The van der Waals surface area contributed by atoms with Gasteiger partial charge in [0.15, 0.2) is 0 Å². The van der Waals surface area contributed by atoms with E-state index >= 15 is 0 Å². The van der Waals surface area contributed by atoms with Gasteiger partial charge in [-0.2, -0.15) is 13.2 Å². The van der Waals surface area contributed by atoms with Crippen molar-refractivity contribution in [1.29, 1.82) is 0 Å². The second kappa shape index (κ2) is 7.61. The number of nitrogens with one attached hydrogen (secondary N) is 1. The molecule has 0 spiro atoms. The number of ether oxygens (including phenoxy) is 1. The number of carbonyl (C=O) groups excluding carboxylic acids is 1. The Bertz CT molecular complexity index is 702. The van der Waals surface area contributed by atoms with Gasteiger partial charge in [-0.25, -0.2) is 0 Å². The summed E-state index contributed by atoms with van der Waals surface area (Å²) in [5.41, 5.74) is -0.673. The zero-order valence-corrected chi connectivity index (χ0v) is 13.9. The summed E-state index contributed by atoms with van der Waals surface area (Å²) < 4.78 is 43.1. The molecule has 0 saturated heterocycles. The largest absolute Gasteiger partial charge is 0.497 e. The second-order valence-corrected chi connectivity index (χ2v) is 6.42. The van der Waals surface area contributed by atoms with Crippen LogP contribution < -0.4 is 10.1 Å². The molecule has 1 amide bonds. The highest BCUT2D eigenvalue weighted by Gasteiger charge is 2.30. The predicted molar refractivity (Wildman–Crippen MR) is 88.4 cm³/mol. The first kappa shape index (κ1) is 18.2. The number of hydrogen-bond acceptors (Lipinski definition) is 3. The Morgan fingerprint density at radius 1 is 1.17 bits per heavy atom. The minimum atomic E-state index is -4.44. The van der Waals surface area contributed by atoms with Crippen molar-refractivity contribution in [1.82, 2.24) is 0 Å². The van der Waals surface area contributed by atoms with Crippen molar-refractivity contribution < 1.29 is 22.7 Å². The summed E-state index contributed by atoms with van der Waals surface area (Å²) in [6.45, 7) is 1.69. The first-order valence-corrected chi connectivity index (χ1v) is 7.96. The quantitative estimate of drug-likeness (QED) is 0.781. The van der Waals surface area contributed by atoms with Gasteiger partial charge in [0.2, 0.25) is 5.91 Å². The van der Waals surface area contributed by atoms with E-state index in [1.807, 2.05) is 12.1 Å². The van der Waals surface area contributed by atoms with Crippen molar-refractivity contribution in [2.24, 2.45) is 0 Å². The van der Waals surface area contributed by atoms with Gasteiger partial charge in [-0.3, -0.25) is 4.79 Å². The average molecular weight is 355 g/mol. The molecule has 0 radical (unpaired) electrons. The van der Waals surface area contributed by atoms with Crippen molar-refractivity contribution >= 4 is 23.4 Å². The third kappa shape index (κ3) is 4.92. The molecular weight excluding hydrogens is 339 g/mol. The number of amides is 1. The topological polar surface area (TPSA) is 38.3 Å². The van der Waals surface area contributed by atoms with Crippen LogP contribution in [0.2, 0.25) is 0 Å². The standard InChI is InChI=1S/C17H16F3NO2S/c1-11(24-15-8-6-14(23-2)7-9-15)16(22)21-13-5-3-4-12(10-13)17(18,19)20/h3-11H,1-2H3,(H,21,22).